The molecule has 2 amide bonds. The minimum Gasteiger partial charge on any atom is -0.377 e. The number of nitrogens with one attached hydrogen (secondary N) is 1. The van der Waals surface area contributed by atoms with Crippen LogP contribution < -0.4 is 5.32 Å². The first-order valence-electron chi connectivity index (χ1n) is 9.50. The summed E-state index contributed by atoms with van der Waals surface area (Å²) in [5.41, 5.74) is 2.92. The van der Waals surface area contributed by atoms with Crippen LogP contribution in [-0.2, 0) is 21.5 Å². The maximum Gasteiger partial charge on any atom is 0.243 e. The topological polar surface area (TPSA) is 49.4 Å². The summed E-state index contributed by atoms with van der Waals surface area (Å²) < 4.78 is 0. The minimum absolute atomic E-state index is 0.117. The molecule has 0 aromatic heterocycles. The number of nitrogens with zero attached hydrogens (tertiary/aromatic N) is 1. The first kappa shape index (κ1) is 16.8. The number of rotatable bonds is 3. The van der Waals surface area contributed by atoms with E-state index < -0.39 is 5.41 Å². The van der Waals surface area contributed by atoms with Crippen LogP contribution in [0.15, 0.2) is 84.9 Å². The maximum absolute atomic E-state index is 13.8. The number of fused-ring (bicyclic) bond motifs is 2. The van der Waals surface area contributed by atoms with E-state index in [1.807, 2.05) is 84.9 Å². The fourth-order valence-corrected chi connectivity index (χ4v) is 4.57. The lowest BCUT2D eigenvalue weighted by Crippen LogP contribution is -2.41. The summed E-state index contributed by atoms with van der Waals surface area (Å²) >= 11 is 0. The van der Waals surface area contributed by atoms with E-state index in [0.717, 1.165) is 22.4 Å². The number of carbonyl (C=O) groups is 2. The number of hydrogen-bond donors (Lipinski definition) is 1. The van der Waals surface area contributed by atoms with Gasteiger partial charge in [0.1, 0.15) is 5.41 Å². The zero-order valence-electron chi connectivity index (χ0n) is 15.3. The first-order chi connectivity index (χ1) is 13.7. The average molecular weight is 368 g/mol. The molecule has 2 aliphatic heterocycles. The average Bonchev–Trinajstić information content (AvgIpc) is 3.20. The summed E-state index contributed by atoms with van der Waals surface area (Å²) in [6.45, 7) is 0.309. The molecular weight excluding hydrogens is 348 g/mol. The molecule has 2 aliphatic rings. The standard InChI is InChI=1S/C24H20N2O2/c27-21-15-24(23(28)26(21)16-17-9-3-1-4-10-17)19-13-7-8-14-20(19)25-22(24)18-11-5-2-6-12-18/h1-14,22,25H,15-16H2/t22-,24-/m1/s1. The second-order valence-corrected chi connectivity index (χ2v) is 7.45. The highest BCUT2D eigenvalue weighted by molar-refractivity contribution is 6.11. The van der Waals surface area contributed by atoms with E-state index >= 15 is 0 Å². The zero-order valence-corrected chi connectivity index (χ0v) is 15.3. The molecule has 2 heterocycles. The summed E-state index contributed by atoms with van der Waals surface area (Å²) in [6.07, 6.45) is 0.183. The maximum atomic E-state index is 13.8. The Labute approximate surface area is 163 Å². The van der Waals surface area contributed by atoms with Gasteiger partial charge < -0.3 is 5.32 Å². The van der Waals surface area contributed by atoms with Gasteiger partial charge in [-0.15, -0.1) is 0 Å². The van der Waals surface area contributed by atoms with Gasteiger partial charge in [-0.2, -0.15) is 0 Å². The third-order valence-corrected chi connectivity index (χ3v) is 5.87. The van der Waals surface area contributed by atoms with Crippen molar-refractivity contribution in [2.75, 3.05) is 5.32 Å². The number of imide groups is 1. The second kappa shape index (κ2) is 6.34. The van der Waals surface area contributed by atoms with Gasteiger partial charge >= 0.3 is 0 Å². The highest BCUT2D eigenvalue weighted by Crippen LogP contribution is 2.54. The predicted octanol–water partition coefficient (Wildman–Crippen LogP) is 4.05. The van der Waals surface area contributed by atoms with Crippen LogP contribution in [0.4, 0.5) is 5.69 Å². The van der Waals surface area contributed by atoms with Crippen molar-refractivity contribution in [3.05, 3.63) is 102 Å². The normalized spacial score (nSPS) is 23.1. The number of benzene rings is 3. The molecule has 28 heavy (non-hydrogen) atoms. The summed E-state index contributed by atoms with van der Waals surface area (Å²) in [5, 5.41) is 3.52. The van der Waals surface area contributed by atoms with Crippen LogP contribution in [0, 0.1) is 0 Å². The molecule has 0 aliphatic carbocycles. The van der Waals surface area contributed by atoms with Crippen LogP contribution in [0.25, 0.3) is 0 Å². The van der Waals surface area contributed by atoms with Gasteiger partial charge in [-0.1, -0.05) is 78.9 Å². The lowest BCUT2D eigenvalue weighted by atomic mass is 9.73. The van der Waals surface area contributed by atoms with Crippen molar-refractivity contribution in [1.82, 2.24) is 4.90 Å². The van der Waals surface area contributed by atoms with Gasteiger partial charge in [-0.05, 0) is 22.8 Å². The van der Waals surface area contributed by atoms with E-state index in [9.17, 15) is 9.59 Å². The van der Waals surface area contributed by atoms with E-state index in [0.29, 0.717) is 6.54 Å². The molecule has 138 valence electrons. The zero-order chi connectivity index (χ0) is 19.1. The smallest absolute Gasteiger partial charge is 0.243 e. The Morgan fingerprint density at radius 3 is 2.25 bits per heavy atom. The van der Waals surface area contributed by atoms with E-state index in [4.69, 9.17) is 0 Å². The van der Waals surface area contributed by atoms with Crippen molar-refractivity contribution in [3.8, 4) is 0 Å². The van der Waals surface area contributed by atoms with Crippen LogP contribution in [0.3, 0.4) is 0 Å². The molecule has 0 bridgehead atoms. The Bertz CT molecular complexity index is 1050. The van der Waals surface area contributed by atoms with Gasteiger partial charge in [0.05, 0.1) is 12.6 Å². The molecule has 2 atom stereocenters. The molecule has 0 radical (unpaired) electrons. The SMILES string of the molecule is O=C1C[C@@]2(C(=O)N1Cc1ccccc1)c1ccccc1N[C@@H]2c1ccccc1. The molecule has 4 nitrogen and oxygen atoms in total. The number of amides is 2. The van der Waals surface area contributed by atoms with Gasteiger partial charge in [0, 0.05) is 12.1 Å². The predicted molar refractivity (Wildman–Crippen MR) is 108 cm³/mol. The third kappa shape index (κ3) is 2.38. The Balaban J connectivity index is 1.61. The Morgan fingerprint density at radius 1 is 0.857 bits per heavy atom. The van der Waals surface area contributed by atoms with Crippen LogP contribution in [-0.4, -0.2) is 16.7 Å². The lowest BCUT2D eigenvalue weighted by Gasteiger charge is -2.29. The molecule has 5 rings (SSSR count). The summed E-state index contributed by atoms with van der Waals surface area (Å²) in [5.74, 6) is -0.235. The summed E-state index contributed by atoms with van der Waals surface area (Å²) in [6, 6.07) is 27.2. The van der Waals surface area contributed by atoms with Crippen molar-refractivity contribution in [3.63, 3.8) is 0 Å². The number of anilines is 1. The molecule has 1 spiro atoms. The van der Waals surface area contributed by atoms with Gasteiger partial charge in [0.25, 0.3) is 0 Å². The lowest BCUT2D eigenvalue weighted by molar-refractivity contribution is -0.140. The van der Waals surface area contributed by atoms with E-state index in [2.05, 4.69) is 5.32 Å². The molecule has 0 unspecified atom stereocenters. The second-order valence-electron chi connectivity index (χ2n) is 7.45. The molecule has 1 fully saturated rings. The van der Waals surface area contributed by atoms with Gasteiger partial charge in [-0.3, -0.25) is 14.5 Å². The Morgan fingerprint density at radius 2 is 1.50 bits per heavy atom. The molecular formula is C24H20N2O2. The number of carbonyl (C=O) groups excluding carboxylic acids is 2. The van der Waals surface area contributed by atoms with Gasteiger partial charge in [-0.25, -0.2) is 0 Å². The Hall–Kier alpha value is -3.40. The summed E-state index contributed by atoms with van der Waals surface area (Å²) in [4.78, 5) is 28.2. The highest BCUT2D eigenvalue weighted by Gasteiger charge is 2.61. The summed E-state index contributed by atoms with van der Waals surface area (Å²) in [7, 11) is 0. The van der Waals surface area contributed by atoms with E-state index in [-0.39, 0.29) is 24.3 Å². The fourth-order valence-electron chi connectivity index (χ4n) is 4.57. The largest absolute Gasteiger partial charge is 0.377 e. The molecule has 3 aromatic rings. The van der Waals surface area contributed by atoms with Gasteiger partial charge in [0.15, 0.2) is 0 Å². The van der Waals surface area contributed by atoms with E-state index in [1.165, 1.54) is 4.90 Å². The number of para-hydroxylation sites is 1. The Kier molecular flexibility index (Phi) is 3.79. The van der Waals surface area contributed by atoms with Crippen molar-refractivity contribution in [1.29, 1.82) is 0 Å². The van der Waals surface area contributed by atoms with Crippen LogP contribution >= 0.6 is 0 Å². The quantitative estimate of drug-likeness (QED) is 0.710. The number of likely N-dealkylation sites (tertiary alicyclic amines) is 1. The van der Waals surface area contributed by atoms with Crippen molar-refractivity contribution in [2.24, 2.45) is 0 Å². The monoisotopic (exact) mass is 368 g/mol. The van der Waals surface area contributed by atoms with Crippen molar-refractivity contribution < 1.29 is 9.59 Å². The van der Waals surface area contributed by atoms with Crippen LogP contribution in [0.5, 0.6) is 0 Å². The molecule has 1 N–H and O–H groups in total. The van der Waals surface area contributed by atoms with Crippen molar-refractivity contribution >= 4 is 17.5 Å². The fraction of sp³-hybridized carbons (Fsp3) is 0.167. The first-order valence-corrected chi connectivity index (χ1v) is 9.50. The third-order valence-electron chi connectivity index (χ3n) is 5.87. The molecule has 3 aromatic carbocycles. The number of hydrogen-bond acceptors (Lipinski definition) is 3. The van der Waals surface area contributed by atoms with Crippen LogP contribution in [0.1, 0.15) is 29.2 Å². The van der Waals surface area contributed by atoms with Crippen molar-refractivity contribution in [2.45, 2.75) is 24.4 Å². The minimum atomic E-state index is -0.899. The molecule has 4 heteroatoms. The molecule has 1 saturated heterocycles. The van der Waals surface area contributed by atoms with E-state index in [1.54, 1.807) is 0 Å². The van der Waals surface area contributed by atoms with Crippen LogP contribution in [0.2, 0.25) is 0 Å². The molecule has 0 saturated carbocycles. The van der Waals surface area contributed by atoms with Gasteiger partial charge in [0.2, 0.25) is 11.8 Å². The highest BCUT2D eigenvalue weighted by atomic mass is 16.2.